The van der Waals surface area contributed by atoms with Crippen LogP contribution >= 0.6 is 0 Å². The third kappa shape index (κ3) is 5.52. The Morgan fingerprint density at radius 2 is 1.63 bits per heavy atom. The molecule has 0 spiro atoms. The molecule has 0 atom stereocenters. The number of amides is 2. The predicted molar refractivity (Wildman–Crippen MR) is 76.8 cm³/mol. The molecule has 5 nitrogen and oxygen atoms in total. The summed E-state index contributed by atoms with van der Waals surface area (Å²) in [5.41, 5.74) is 6.77. The highest BCUT2D eigenvalue weighted by atomic mass is 16.2. The van der Waals surface area contributed by atoms with E-state index in [2.05, 4.69) is 10.6 Å². The third-order valence-electron chi connectivity index (χ3n) is 2.57. The Hall–Kier alpha value is -1.88. The van der Waals surface area contributed by atoms with Crippen LogP contribution in [-0.2, 0) is 9.59 Å². The number of hydrogen-bond donors (Lipinski definition) is 3. The van der Waals surface area contributed by atoms with Crippen LogP contribution in [0.25, 0.3) is 0 Å². The van der Waals surface area contributed by atoms with E-state index < -0.39 is 0 Å². The van der Waals surface area contributed by atoms with E-state index in [-0.39, 0.29) is 17.7 Å². The number of carbonyl (C=O) groups is 2. The molecule has 0 bridgehead atoms. The zero-order valence-corrected chi connectivity index (χ0v) is 11.4. The topological polar surface area (TPSA) is 84.2 Å². The highest BCUT2D eigenvalue weighted by Crippen LogP contribution is 2.14. The largest absolute Gasteiger partial charge is 0.330 e. The van der Waals surface area contributed by atoms with Crippen molar-refractivity contribution in [3.8, 4) is 0 Å². The van der Waals surface area contributed by atoms with Crippen LogP contribution in [0.5, 0.6) is 0 Å². The van der Waals surface area contributed by atoms with Crippen LogP contribution in [0.3, 0.4) is 0 Å². The molecule has 104 valence electrons. The molecule has 2 amide bonds. The smallest absolute Gasteiger partial charge is 0.226 e. The summed E-state index contributed by atoms with van der Waals surface area (Å²) in [5, 5.41) is 5.56. The number of anilines is 2. The molecule has 0 aliphatic carbocycles. The van der Waals surface area contributed by atoms with Gasteiger partial charge in [-0.2, -0.15) is 0 Å². The van der Waals surface area contributed by atoms with E-state index in [0.29, 0.717) is 25.1 Å². The molecule has 1 aromatic carbocycles. The number of hydrogen-bond acceptors (Lipinski definition) is 3. The molecule has 0 aliphatic rings. The molecular weight excluding hydrogens is 242 g/mol. The van der Waals surface area contributed by atoms with Crippen molar-refractivity contribution in [1.82, 2.24) is 0 Å². The maximum absolute atomic E-state index is 11.5. The van der Waals surface area contributed by atoms with Gasteiger partial charge in [0, 0.05) is 23.7 Å². The first-order valence-corrected chi connectivity index (χ1v) is 6.43. The summed E-state index contributed by atoms with van der Waals surface area (Å²) in [5.74, 6) is -0.139. The number of nitrogens with one attached hydrogen (secondary N) is 2. The Morgan fingerprint density at radius 1 is 1.11 bits per heavy atom. The SMILES string of the molecule is CC(C)C(=O)Nc1ccc(NC(=O)CCCN)cc1. The minimum absolute atomic E-state index is 0.0280. The van der Waals surface area contributed by atoms with Gasteiger partial charge in [-0.3, -0.25) is 9.59 Å². The predicted octanol–water partition coefficient (Wildman–Crippen LogP) is 1.96. The van der Waals surface area contributed by atoms with Crippen molar-refractivity contribution in [1.29, 1.82) is 0 Å². The fourth-order valence-corrected chi connectivity index (χ4v) is 1.41. The molecule has 0 saturated heterocycles. The van der Waals surface area contributed by atoms with Crippen LogP contribution in [0.4, 0.5) is 11.4 Å². The lowest BCUT2D eigenvalue weighted by molar-refractivity contribution is -0.119. The molecule has 5 heteroatoms. The van der Waals surface area contributed by atoms with Crippen LogP contribution in [0.2, 0.25) is 0 Å². The van der Waals surface area contributed by atoms with Gasteiger partial charge in [0.05, 0.1) is 0 Å². The van der Waals surface area contributed by atoms with Crippen LogP contribution in [-0.4, -0.2) is 18.4 Å². The molecule has 0 saturated carbocycles. The van der Waals surface area contributed by atoms with Gasteiger partial charge in [-0.1, -0.05) is 13.8 Å². The Balaban J connectivity index is 2.52. The second-order valence-electron chi connectivity index (χ2n) is 4.66. The first-order chi connectivity index (χ1) is 9.02. The first kappa shape index (κ1) is 15.2. The van der Waals surface area contributed by atoms with Gasteiger partial charge < -0.3 is 16.4 Å². The lowest BCUT2D eigenvalue weighted by Gasteiger charge is -2.09. The number of carbonyl (C=O) groups excluding carboxylic acids is 2. The summed E-state index contributed by atoms with van der Waals surface area (Å²) in [7, 11) is 0. The van der Waals surface area contributed by atoms with Crippen molar-refractivity contribution in [2.24, 2.45) is 11.7 Å². The average Bonchev–Trinajstić information content (AvgIpc) is 2.38. The Bertz CT molecular complexity index is 427. The highest BCUT2D eigenvalue weighted by molar-refractivity contribution is 5.93. The molecule has 1 rings (SSSR count). The zero-order valence-electron chi connectivity index (χ0n) is 11.4. The van der Waals surface area contributed by atoms with Crippen molar-refractivity contribution < 1.29 is 9.59 Å². The maximum Gasteiger partial charge on any atom is 0.226 e. The number of rotatable bonds is 6. The highest BCUT2D eigenvalue weighted by Gasteiger charge is 2.07. The lowest BCUT2D eigenvalue weighted by Crippen LogP contribution is -2.17. The summed E-state index contributed by atoms with van der Waals surface area (Å²) in [6, 6.07) is 7.05. The zero-order chi connectivity index (χ0) is 14.3. The van der Waals surface area contributed by atoms with Crippen molar-refractivity contribution in [2.75, 3.05) is 17.2 Å². The van der Waals surface area contributed by atoms with E-state index in [1.807, 2.05) is 13.8 Å². The van der Waals surface area contributed by atoms with Gasteiger partial charge in [0.2, 0.25) is 11.8 Å². The Labute approximate surface area is 113 Å². The molecular formula is C14H21N3O2. The molecule has 0 aromatic heterocycles. The normalized spacial score (nSPS) is 10.3. The number of benzene rings is 1. The van der Waals surface area contributed by atoms with Gasteiger partial charge in [0.1, 0.15) is 0 Å². The van der Waals surface area contributed by atoms with Crippen molar-refractivity contribution in [3.63, 3.8) is 0 Å². The van der Waals surface area contributed by atoms with Crippen molar-refractivity contribution >= 4 is 23.2 Å². The number of nitrogens with two attached hydrogens (primary N) is 1. The molecule has 0 radical (unpaired) electrons. The fourth-order valence-electron chi connectivity index (χ4n) is 1.41. The summed E-state index contributed by atoms with van der Waals surface area (Å²) < 4.78 is 0. The monoisotopic (exact) mass is 263 g/mol. The van der Waals surface area contributed by atoms with Gasteiger partial charge in [-0.15, -0.1) is 0 Å². The van der Waals surface area contributed by atoms with E-state index in [4.69, 9.17) is 5.73 Å². The average molecular weight is 263 g/mol. The molecule has 1 aromatic rings. The molecule has 0 aliphatic heterocycles. The molecule has 0 fully saturated rings. The van der Waals surface area contributed by atoms with E-state index >= 15 is 0 Å². The van der Waals surface area contributed by atoms with Gasteiger partial charge >= 0.3 is 0 Å². The second kappa shape index (κ2) is 7.53. The van der Waals surface area contributed by atoms with Crippen LogP contribution in [0, 0.1) is 5.92 Å². The van der Waals surface area contributed by atoms with Crippen LogP contribution in [0.15, 0.2) is 24.3 Å². The fraction of sp³-hybridized carbons (Fsp3) is 0.429. The summed E-state index contributed by atoms with van der Waals surface area (Å²) in [4.78, 5) is 23.0. The standard InChI is InChI=1S/C14H21N3O2/c1-10(2)14(19)17-12-7-5-11(6-8-12)16-13(18)4-3-9-15/h5-8,10H,3-4,9,15H2,1-2H3,(H,16,18)(H,17,19). The van der Waals surface area contributed by atoms with E-state index in [0.717, 1.165) is 5.69 Å². The first-order valence-electron chi connectivity index (χ1n) is 6.43. The molecule has 0 unspecified atom stereocenters. The minimum Gasteiger partial charge on any atom is -0.330 e. The Kier molecular flexibility index (Phi) is 6.02. The quantitative estimate of drug-likeness (QED) is 0.733. The van der Waals surface area contributed by atoms with E-state index in [1.54, 1.807) is 24.3 Å². The van der Waals surface area contributed by atoms with Crippen molar-refractivity contribution in [2.45, 2.75) is 26.7 Å². The minimum atomic E-state index is -0.0596. The van der Waals surface area contributed by atoms with Gasteiger partial charge in [-0.05, 0) is 37.2 Å². The summed E-state index contributed by atoms with van der Waals surface area (Å²) in [6.45, 7) is 4.18. The molecule has 4 N–H and O–H groups in total. The lowest BCUT2D eigenvalue weighted by atomic mass is 10.2. The van der Waals surface area contributed by atoms with E-state index in [1.165, 1.54) is 0 Å². The third-order valence-corrected chi connectivity index (χ3v) is 2.57. The summed E-state index contributed by atoms with van der Waals surface area (Å²) in [6.07, 6.45) is 1.09. The van der Waals surface area contributed by atoms with Gasteiger partial charge in [-0.25, -0.2) is 0 Å². The Morgan fingerprint density at radius 3 is 2.11 bits per heavy atom. The maximum atomic E-state index is 11.5. The van der Waals surface area contributed by atoms with Crippen molar-refractivity contribution in [3.05, 3.63) is 24.3 Å². The van der Waals surface area contributed by atoms with Crippen LogP contribution < -0.4 is 16.4 Å². The van der Waals surface area contributed by atoms with Crippen LogP contribution in [0.1, 0.15) is 26.7 Å². The summed E-state index contributed by atoms with van der Waals surface area (Å²) >= 11 is 0. The molecule has 19 heavy (non-hydrogen) atoms. The van der Waals surface area contributed by atoms with Gasteiger partial charge in [0.25, 0.3) is 0 Å². The van der Waals surface area contributed by atoms with Gasteiger partial charge in [0.15, 0.2) is 0 Å². The second-order valence-corrected chi connectivity index (χ2v) is 4.66. The molecule has 0 heterocycles. The van der Waals surface area contributed by atoms with E-state index in [9.17, 15) is 9.59 Å².